The molecular formula is C21H27N3O3. The van der Waals surface area contributed by atoms with E-state index in [1.165, 1.54) is 19.3 Å². The van der Waals surface area contributed by atoms with Gasteiger partial charge in [0, 0.05) is 32.0 Å². The van der Waals surface area contributed by atoms with Crippen LogP contribution < -0.4 is 4.74 Å². The van der Waals surface area contributed by atoms with Crippen LogP contribution in [0.3, 0.4) is 0 Å². The van der Waals surface area contributed by atoms with E-state index in [2.05, 4.69) is 9.88 Å². The lowest BCUT2D eigenvalue weighted by Crippen LogP contribution is -2.41. The van der Waals surface area contributed by atoms with Gasteiger partial charge in [-0.3, -0.25) is 9.69 Å². The first-order valence-corrected chi connectivity index (χ1v) is 9.78. The number of nitrogens with zero attached hydrogens (tertiary/aromatic N) is 3. The van der Waals surface area contributed by atoms with Gasteiger partial charge in [-0.05, 0) is 42.9 Å². The number of hydrogen-bond donors (Lipinski definition) is 1. The van der Waals surface area contributed by atoms with Gasteiger partial charge < -0.3 is 14.4 Å². The summed E-state index contributed by atoms with van der Waals surface area (Å²) in [7, 11) is 1.95. The SMILES string of the molecule is Cn1ccnc1COc1ccc(CN2C(C(=O)O)CC3CCCCC32)cc1. The summed E-state index contributed by atoms with van der Waals surface area (Å²) in [4.78, 5) is 18.2. The topological polar surface area (TPSA) is 67.6 Å². The molecule has 1 aliphatic heterocycles. The number of rotatable bonds is 6. The van der Waals surface area contributed by atoms with Crippen LogP contribution in [0.4, 0.5) is 0 Å². The molecule has 1 aromatic carbocycles. The van der Waals surface area contributed by atoms with Crippen LogP contribution in [-0.2, 0) is 25.0 Å². The maximum absolute atomic E-state index is 11.8. The second-order valence-electron chi connectivity index (χ2n) is 7.76. The van der Waals surface area contributed by atoms with Crippen molar-refractivity contribution in [2.45, 2.75) is 57.3 Å². The average molecular weight is 369 g/mol. The highest BCUT2D eigenvalue weighted by Gasteiger charge is 2.44. The minimum absolute atomic E-state index is 0.350. The summed E-state index contributed by atoms with van der Waals surface area (Å²) >= 11 is 0. The normalized spacial score (nSPS) is 25.3. The number of carboxylic acid groups (broad SMARTS) is 1. The second kappa shape index (κ2) is 7.72. The first-order valence-electron chi connectivity index (χ1n) is 9.78. The Morgan fingerprint density at radius 3 is 2.74 bits per heavy atom. The number of hydrogen-bond acceptors (Lipinski definition) is 4. The van der Waals surface area contributed by atoms with E-state index >= 15 is 0 Å². The van der Waals surface area contributed by atoms with Gasteiger partial charge in [0.15, 0.2) is 0 Å². The maximum Gasteiger partial charge on any atom is 0.320 e. The molecular weight excluding hydrogens is 342 g/mol. The van der Waals surface area contributed by atoms with Crippen molar-refractivity contribution in [3.05, 3.63) is 48.0 Å². The van der Waals surface area contributed by atoms with Crippen molar-refractivity contribution in [1.29, 1.82) is 0 Å². The Hall–Kier alpha value is -2.34. The van der Waals surface area contributed by atoms with E-state index in [4.69, 9.17) is 4.74 Å². The zero-order chi connectivity index (χ0) is 18.8. The molecule has 2 heterocycles. The molecule has 1 saturated carbocycles. The zero-order valence-electron chi connectivity index (χ0n) is 15.8. The van der Waals surface area contributed by atoms with E-state index in [1.54, 1.807) is 6.20 Å². The maximum atomic E-state index is 11.8. The third kappa shape index (κ3) is 3.86. The van der Waals surface area contributed by atoms with Crippen molar-refractivity contribution in [2.24, 2.45) is 13.0 Å². The van der Waals surface area contributed by atoms with Crippen molar-refractivity contribution in [3.63, 3.8) is 0 Å². The summed E-state index contributed by atoms with van der Waals surface area (Å²) in [5.74, 6) is 1.54. The van der Waals surface area contributed by atoms with Crippen molar-refractivity contribution < 1.29 is 14.6 Å². The molecule has 0 radical (unpaired) electrons. The summed E-state index contributed by atoms with van der Waals surface area (Å²) in [5, 5.41) is 9.67. The number of ether oxygens (including phenoxy) is 1. The molecule has 1 aromatic heterocycles. The van der Waals surface area contributed by atoms with E-state index in [0.29, 0.717) is 25.1 Å². The van der Waals surface area contributed by atoms with Crippen molar-refractivity contribution in [1.82, 2.24) is 14.5 Å². The fourth-order valence-corrected chi connectivity index (χ4v) is 4.61. The monoisotopic (exact) mass is 369 g/mol. The predicted octanol–water partition coefficient (Wildman–Crippen LogP) is 3.22. The zero-order valence-corrected chi connectivity index (χ0v) is 15.8. The molecule has 3 unspecified atom stereocenters. The molecule has 0 bridgehead atoms. The van der Waals surface area contributed by atoms with E-state index in [-0.39, 0.29) is 6.04 Å². The molecule has 1 aliphatic carbocycles. The number of imidazole rings is 1. The summed E-state index contributed by atoms with van der Waals surface area (Å²) in [6, 6.07) is 8.08. The highest BCUT2D eigenvalue weighted by molar-refractivity contribution is 5.74. The summed E-state index contributed by atoms with van der Waals surface area (Å²) in [5.41, 5.74) is 1.14. The Labute approximate surface area is 159 Å². The molecule has 2 fully saturated rings. The van der Waals surface area contributed by atoms with E-state index in [9.17, 15) is 9.90 Å². The number of carboxylic acids is 1. The molecule has 1 N–H and O–H groups in total. The number of likely N-dealkylation sites (tertiary alicyclic amines) is 1. The molecule has 4 rings (SSSR count). The third-order valence-electron chi connectivity index (χ3n) is 6.08. The Morgan fingerprint density at radius 2 is 2.04 bits per heavy atom. The van der Waals surface area contributed by atoms with Crippen LogP contribution in [0.25, 0.3) is 0 Å². The predicted molar refractivity (Wildman–Crippen MR) is 101 cm³/mol. The van der Waals surface area contributed by atoms with Crippen molar-refractivity contribution in [2.75, 3.05) is 0 Å². The molecule has 27 heavy (non-hydrogen) atoms. The van der Waals surface area contributed by atoms with Gasteiger partial charge >= 0.3 is 5.97 Å². The first-order chi connectivity index (χ1) is 13.1. The van der Waals surface area contributed by atoms with Crippen LogP contribution in [0.1, 0.15) is 43.5 Å². The largest absolute Gasteiger partial charge is 0.486 e. The van der Waals surface area contributed by atoms with Gasteiger partial charge in [-0.25, -0.2) is 4.98 Å². The van der Waals surface area contributed by atoms with Gasteiger partial charge in [0.25, 0.3) is 0 Å². The van der Waals surface area contributed by atoms with Crippen molar-refractivity contribution in [3.8, 4) is 5.75 Å². The van der Waals surface area contributed by atoms with E-state index in [1.807, 2.05) is 42.1 Å². The van der Waals surface area contributed by atoms with E-state index in [0.717, 1.165) is 30.0 Å². The number of carbonyl (C=O) groups is 1. The number of fused-ring (bicyclic) bond motifs is 1. The molecule has 6 nitrogen and oxygen atoms in total. The average Bonchev–Trinajstić information content (AvgIpc) is 3.25. The third-order valence-corrected chi connectivity index (χ3v) is 6.08. The standard InChI is InChI=1S/C21H27N3O3/c1-23-11-10-22-20(23)14-27-17-8-6-15(7-9-17)13-24-18-5-3-2-4-16(18)12-19(24)21(25)26/h6-11,16,18-19H,2-5,12-14H2,1H3,(H,25,26). The van der Waals surface area contributed by atoms with Crippen LogP contribution in [0.5, 0.6) is 5.75 Å². The summed E-state index contributed by atoms with van der Waals surface area (Å²) < 4.78 is 7.75. The lowest BCUT2D eigenvalue weighted by molar-refractivity contribution is -0.142. The number of aryl methyl sites for hydroxylation is 1. The molecule has 144 valence electrons. The smallest absolute Gasteiger partial charge is 0.320 e. The Morgan fingerprint density at radius 1 is 1.26 bits per heavy atom. The van der Waals surface area contributed by atoms with Crippen LogP contribution in [0.2, 0.25) is 0 Å². The van der Waals surface area contributed by atoms with Crippen LogP contribution in [-0.4, -0.2) is 37.6 Å². The first kappa shape index (κ1) is 18.0. The quantitative estimate of drug-likeness (QED) is 0.847. The van der Waals surface area contributed by atoms with Gasteiger partial charge in [0.05, 0.1) is 0 Å². The second-order valence-corrected chi connectivity index (χ2v) is 7.76. The molecule has 0 amide bonds. The molecule has 1 saturated heterocycles. The molecule has 2 aromatic rings. The van der Waals surface area contributed by atoms with Gasteiger partial charge in [0.1, 0.15) is 24.2 Å². The lowest BCUT2D eigenvalue weighted by Gasteiger charge is -2.33. The number of aliphatic carboxylic acids is 1. The summed E-state index contributed by atoms with van der Waals surface area (Å²) in [6.45, 7) is 1.12. The molecule has 6 heteroatoms. The lowest BCUT2D eigenvalue weighted by atomic mass is 9.84. The van der Waals surface area contributed by atoms with Crippen LogP contribution in [0.15, 0.2) is 36.7 Å². The van der Waals surface area contributed by atoms with Gasteiger partial charge in [-0.1, -0.05) is 25.0 Å². The fraction of sp³-hybridized carbons (Fsp3) is 0.524. The van der Waals surface area contributed by atoms with Crippen LogP contribution in [0, 0.1) is 5.92 Å². The molecule has 3 atom stereocenters. The molecule has 2 aliphatic rings. The van der Waals surface area contributed by atoms with E-state index < -0.39 is 5.97 Å². The number of aromatic nitrogens is 2. The highest BCUT2D eigenvalue weighted by Crippen LogP contribution is 2.40. The van der Waals surface area contributed by atoms with Crippen LogP contribution >= 0.6 is 0 Å². The van der Waals surface area contributed by atoms with Crippen molar-refractivity contribution >= 4 is 5.97 Å². The van der Waals surface area contributed by atoms with Gasteiger partial charge in [-0.15, -0.1) is 0 Å². The highest BCUT2D eigenvalue weighted by atomic mass is 16.5. The number of benzene rings is 1. The Kier molecular flexibility index (Phi) is 5.16. The van der Waals surface area contributed by atoms with Gasteiger partial charge in [-0.2, -0.15) is 0 Å². The minimum Gasteiger partial charge on any atom is -0.486 e. The minimum atomic E-state index is -0.681. The fourth-order valence-electron chi connectivity index (χ4n) is 4.61. The van der Waals surface area contributed by atoms with Gasteiger partial charge in [0.2, 0.25) is 0 Å². The summed E-state index contributed by atoms with van der Waals surface area (Å²) in [6.07, 6.45) is 9.20. The Balaban J connectivity index is 1.41. The Bertz CT molecular complexity index is 786. The molecule has 0 spiro atoms.